The molecule has 1 aliphatic carbocycles. The van der Waals surface area contributed by atoms with Crippen LogP contribution in [0, 0.1) is 5.92 Å². The lowest BCUT2D eigenvalue weighted by Crippen LogP contribution is -2.25. The van der Waals surface area contributed by atoms with Crippen molar-refractivity contribution in [2.45, 2.75) is 51.6 Å². The molecule has 1 fully saturated rings. The first-order valence-electron chi connectivity index (χ1n) is 6.16. The van der Waals surface area contributed by atoms with Crippen molar-refractivity contribution in [2.24, 2.45) is 5.92 Å². The average Bonchev–Trinajstić information content (AvgIpc) is 2.35. The Morgan fingerprint density at radius 3 is 2.62 bits per heavy atom. The van der Waals surface area contributed by atoms with Crippen LogP contribution in [0.2, 0.25) is 0 Å². The molecule has 1 saturated carbocycles. The first-order valence-corrected chi connectivity index (χ1v) is 6.16. The van der Waals surface area contributed by atoms with Crippen LogP contribution in [0.5, 0.6) is 0 Å². The van der Waals surface area contributed by atoms with E-state index in [0.29, 0.717) is 6.61 Å². The van der Waals surface area contributed by atoms with Crippen LogP contribution in [0.4, 0.5) is 4.39 Å². The number of rotatable bonds is 5. The Labute approximate surface area is 96.9 Å². The molecule has 92 valence electrons. The van der Waals surface area contributed by atoms with Crippen molar-refractivity contribution in [1.29, 1.82) is 0 Å². The molecule has 0 radical (unpaired) electrons. The molecule has 1 unspecified atom stereocenters. The third-order valence-electron chi connectivity index (χ3n) is 3.10. The van der Waals surface area contributed by atoms with Crippen molar-refractivity contribution in [3.8, 4) is 0 Å². The fourth-order valence-corrected chi connectivity index (χ4v) is 2.11. The number of esters is 1. The molecule has 3 heteroatoms. The molecule has 0 saturated heterocycles. The van der Waals surface area contributed by atoms with Gasteiger partial charge < -0.3 is 4.74 Å². The predicted octanol–water partition coefficient (Wildman–Crippen LogP) is 3.41. The van der Waals surface area contributed by atoms with E-state index < -0.39 is 12.1 Å². The van der Waals surface area contributed by atoms with Crippen molar-refractivity contribution in [3.05, 3.63) is 12.2 Å². The number of carbonyl (C=O) groups is 1. The van der Waals surface area contributed by atoms with Crippen LogP contribution in [0.25, 0.3) is 0 Å². The van der Waals surface area contributed by atoms with Gasteiger partial charge in [0, 0.05) is 0 Å². The molecule has 0 aliphatic heterocycles. The summed E-state index contributed by atoms with van der Waals surface area (Å²) < 4.78 is 18.8. The summed E-state index contributed by atoms with van der Waals surface area (Å²) in [5, 5.41) is 0. The molecule has 0 bridgehead atoms. The molecule has 1 aliphatic rings. The fraction of sp³-hybridized carbons (Fsp3) is 0.769. The summed E-state index contributed by atoms with van der Waals surface area (Å²) in [6, 6.07) is 0. The van der Waals surface area contributed by atoms with E-state index >= 15 is 0 Å². The Kier molecular flexibility index (Phi) is 5.50. The highest BCUT2D eigenvalue weighted by Crippen LogP contribution is 2.31. The molecule has 2 nitrogen and oxygen atoms in total. The molecule has 1 rings (SSSR count). The summed E-state index contributed by atoms with van der Waals surface area (Å²) in [6.45, 7) is 5.78. The minimum Gasteiger partial charge on any atom is -0.462 e. The van der Waals surface area contributed by atoms with Gasteiger partial charge in [-0.3, -0.25) is 0 Å². The quantitative estimate of drug-likeness (QED) is 0.532. The Bertz CT molecular complexity index is 244. The highest BCUT2D eigenvalue weighted by molar-refractivity contribution is 5.88. The molecule has 0 aromatic rings. The van der Waals surface area contributed by atoms with E-state index in [9.17, 15) is 9.18 Å². The van der Waals surface area contributed by atoms with E-state index in [2.05, 4.69) is 6.58 Å². The lowest BCUT2D eigenvalue weighted by Gasteiger charge is -2.25. The highest BCUT2D eigenvalue weighted by Gasteiger charge is 2.29. The van der Waals surface area contributed by atoms with E-state index in [1.54, 1.807) is 0 Å². The molecule has 0 amide bonds. The Balaban J connectivity index is 2.42. The number of hydrogen-bond acceptors (Lipinski definition) is 2. The van der Waals surface area contributed by atoms with Crippen molar-refractivity contribution < 1.29 is 13.9 Å². The molecular formula is C13H21FO2. The van der Waals surface area contributed by atoms with Gasteiger partial charge in [0.05, 0.1) is 12.2 Å². The lowest BCUT2D eigenvalue weighted by atomic mass is 9.83. The van der Waals surface area contributed by atoms with Crippen LogP contribution in [0.15, 0.2) is 12.2 Å². The van der Waals surface area contributed by atoms with E-state index in [1.165, 1.54) is 6.42 Å². The van der Waals surface area contributed by atoms with Crippen molar-refractivity contribution in [3.63, 3.8) is 0 Å². The van der Waals surface area contributed by atoms with Gasteiger partial charge in [0.2, 0.25) is 0 Å². The van der Waals surface area contributed by atoms with Crippen LogP contribution < -0.4 is 0 Å². The second kappa shape index (κ2) is 6.66. The molecule has 0 spiro atoms. The number of hydrogen-bond donors (Lipinski definition) is 0. The molecule has 0 aromatic heterocycles. The smallest absolute Gasteiger partial charge is 0.336 e. The summed E-state index contributed by atoms with van der Waals surface area (Å²) in [6.07, 6.45) is 4.55. The van der Waals surface area contributed by atoms with Gasteiger partial charge >= 0.3 is 5.97 Å². The minimum absolute atomic E-state index is 0.000324. The molecule has 1 atom stereocenters. The summed E-state index contributed by atoms with van der Waals surface area (Å²) >= 11 is 0. The van der Waals surface area contributed by atoms with Gasteiger partial charge in [0.25, 0.3) is 0 Å². The van der Waals surface area contributed by atoms with Crippen molar-refractivity contribution >= 4 is 5.97 Å². The monoisotopic (exact) mass is 228 g/mol. The van der Waals surface area contributed by atoms with E-state index in [4.69, 9.17) is 4.74 Å². The van der Waals surface area contributed by atoms with Gasteiger partial charge in [-0.2, -0.15) is 0 Å². The minimum atomic E-state index is -1.22. The highest BCUT2D eigenvalue weighted by atomic mass is 19.1. The van der Waals surface area contributed by atoms with E-state index in [0.717, 1.165) is 32.1 Å². The predicted molar refractivity (Wildman–Crippen MR) is 61.9 cm³/mol. The number of halogens is 1. The topological polar surface area (TPSA) is 26.3 Å². The first kappa shape index (κ1) is 13.2. The number of alkyl halides is 1. The van der Waals surface area contributed by atoms with E-state index in [1.807, 2.05) is 6.92 Å². The zero-order chi connectivity index (χ0) is 12.0. The fourth-order valence-electron chi connectivity index (χ4n) is 2.11. The summed E-state index contributed by atoms with van der Waals surface area (Å²) in [7, 11) is 0. The summed E-state index contributed by atoms with van der Waals surface area (Å²) in [5.74, 6) is -0.602. The molecule has 0 aromatic carbocycles. The van der Waals surface area contributed by atoms with Crippen LogP contribution >= 0.6 is 0 Å². The lowest BCUT2D eigenvalue weighted by molar-refractivity contribution is -0.140. The summed E-state index contributed by atoms with van der Waals surface area (Å²) in [4.78, 5) is 11.4. The maximum atomic E-state index is 14.0. The molecule has 16 heavy (non-hydrogen) atoms. The first-order chi connectivity index (χ1) is 7.66. The van der Waals surface area contributed by atoms with Crippen LogP contribution in [-0.4, -0.2) is 18.7 Å². The summed E-state index contributed by atoms with van der Waals surface area (Å²) in [5.41, 5.74) is 0.000324. The van der Waals surface area contributed by atoms with Crippen molar-refractivity contribution in [1.82, 2.24) is 0 Å². The zero-order valence-electron chi connectivity index (χ0n) is 10.0. The van der Waals surface area contributed by atoms with Gasteiger partial charge in [-0.15, -0.1) is 0 Å². The van der Waals surface area contributed by atoms with E-state index in [-0.39, 0.29) is 11.5 Å². The largest absolute Gasteiger partial charge is 0.462 e. The number of ether oxygens (including phenoxy) is 1. The van der Waals surface area contributed by atoms with Gasteiger partial charge in [-0.25, -0.2) is 9.18 Å². The third kappa shape index (κ3) is 3.62. The van der Waals surface area contributed by atoms with Gasteiger partial charge in [0.1, 0.15) is 6.17 Å². The average molecular weight is 228 g/mol. The van der Waals surface area contributed by atoms with Gasteiger partial charge in [-0.05, 0) is 25.2 Å². The standard InChI is InChI=1S/C13H21FO2/c1-3-9-16-13(15)10(2)12(14)11-7-5-4-6-8-11/h11-12H,2-9H2,1H3. The van der Waals surface area contributed by atoms with Crippen molar-refractivity contribution in [2.75, 3.05) is 6.61 Å². The Morgan fingerprint density at radius 1 is 1.44 bits per heavy atom. The maximum Gasteiger partial charge on any atom is 0.336 e. The van der Waals surface area contributed by atoms with Crippen LogP contribution in [-0.2, 0) is 9.53 Å². The Morgan fingerprint density at radius 2 is 2.06 bits per heavy atom. The second-order valence-corrected chi connectivity index (χ2v) is 4.46. The Hall–Kier alpha value is -0.860. The van der Waals surface area contributed by atoms with Gasteiger partial charge in [0.15, 0.2) is 0 Å². The molecule has 0 N–H and O–H groups in total. The SMILES string of the molecule is C=C(C(=O)OCCC)C(F)C1CCCCC1. The van der Waals surface area contributed by atoms with Crippen LogP contribution in [0.1, 0.15) is 45.4 Å². The number of carbonyl (C=O) groups excluding carboxylic acids is 1. The van der Waals surface area contributed by atoms with Gasteiger partial charge in [-0.1, -0.05) is 32.8 Å². The molecular weight excluding hydrogens is 207 g/mol. The maximum absolute atomic E-state index is 14.0. The van der Waals surface area contributed by atoms with Crippen LogP contribution in [0.3, 0.4) is 0 Å². The zero-order valence-corrected chi connectivity index (χ0v) is 10.0. The normalized spacial score (nSPS) is 19.1. The molecule has 0 heterocycles. The third-order valence-corrected chi connectivity index (χ3v) is 3.10. The second-order valence-electron chi connectivity index (χ2n) is 4.46.